The minimum atomic E-state index is -1.02. The molecule has 0 aliphatic rings. The zero-order valence-corrected chi connectivity index (χ0v) is 6.95. The number of halogens is 1. The van der Waals surface area contributed by atoms with E-state index < -0.39 is 11.9 Å². The third-order valence-electron chi connectivity index (χ3n) is 1.39. The van der Waals surface area contributed by atoms with Gasteiger partial charge in [-0.05, 0) is 11.6 Å². The van der Waals surface area contributed by atoms with Gasteiger partial charge in [0.15, 0.2) is 0 Å². The molecule has 0 aliphatic heterocycles. The van der Waals surface area contributed by atoms with Gasteiger partial charge in [0.2, 0.25) is 11.8 Å². The summed E-state index contributed by atoms with van der Waals surface area (Å²) in [7, 11) is 1.34. The average molecular weight is 185 g/mol. The Labute approximate surface area is 74.0 Å². The highest BCUT2D eigenvalue weighted by Gasteiger charge is 2.05. The summed E-state index contributed by atoms with van der Waals surface area (Å²) >= 11 is 0. The lowest BCUT2D eigenvalue weighted by Crippen LogP contribution is -2.02. The molecule has 0 atom stereocenters. The van der Waals surface area contributed by atoms with Crippen molar-refractivity contribution in [3.05, 3.63) is 23.6 Å². The van der Waals surface area contributed by atoms with Crippen LogP contribution in [0.25, 0.3) is 0 Å². The largest absolute Gasteiger partial charge is 0.481 e. The van der Waals surface area contributed by atoms with E-state index in [4.69, 9.17) is 5.11 Å². The molecule has 4 nitrogen and oxygen atoms in total. The number of aliphatic carboxylic acids is 1. The van der Waals surface area contributed by atoms with E-state index in [9.17, 15) is 9.18 Å². The Morgan fingerprint density at radius 2 is 2.38 bits per heavy atom. The van der Waals surface area contributed by atoms with Gasteiger partial charge in [-0.15, -0.1) is 0 Å². The maximum Gasteiger partial charge on any atom is 0.307 e. The summed E-state index contributed by atoms with van der Waals surface area (Å²) < 4.78 is 17.4. The lowest BCUT2D eigenvalue weighted by atomic mass is 10.2. The van der Waals surface area contributed by atoms with Crippen LogP contribution in [0.3, 0.4) is 0 Å². The Kier molecular flexibility index (Phi) is 2.79. The predicted octanol–water partition coefficient (Wildman–Crippen LogP) is 0.856. The highest BCUT2D eigenvalue weighted by atomic mass is 19.1. The van der Waals surface area contributed by atoms with Crippen LogP contribution in [0, 0.1) is 5.95 Å². The van der Waals surface area contributed by atoms with Gasteiger partial charge in [0.05, 0.1) is 13.5 Å². The monoisotopic (exact) mass is 185 g/mol. The summed E-state index contributed by atoms with van der Waals surface area (Å²) in [6.07, 6.45) is -0.240. The molecule has 5 heteroatoms. The van der Waals surface area contributed by atoms with Gasteiger partial charge in [-0.3, -0.25) is 4.79 Å². The standard InChI is InChI=1S/C8H8FNO3/c1-13-7-3-5(4-8(11)12)2-6(9)10-7/h2-3H,4H2,1H3,(H,11,12). The quantitative estimate of drug-likeness (QED) is 0.709. The van der Waals surface area contributed by atoms with Gasteiger partial charge in [-0.2, -0.15) is 9.37 Å². The first-order valence-corrected chi connectivity index (χ1v) is 3.54. The number of rotatable bonds is 3. The molecule has 0 spiro atoms. The van der Waals surface area contributed by atoms with Crippen molar-refractivity contribution in [1.82, 2.24) is 4.98 Å². The third kappa shape index (κ3) is 2.70. The normalized spacial score (nSPS) is 9.69. The second-order valence-corrected chi connectivity index (χ2v) is 2.41. The van der Waals surface area contributed by atoms with Crippen molar-refractivity contribution in [2.45, 2.75) is 6.42 Å². The maximum absolute atomic E-state index is 12.7. The first-order valence-electron chi connectivity index (χ1n) is 3.54. The number of hydrogen-bond donors (Lipinski definition) is 1. The van der Waals surface area contributed by atoms with Gasteiger partial charge < -0.3 is 9.84 Å². The highest BCUT2D eigenvalue weighted by molar-refractivity contribution is 5.70. The zero-order chi connectivity index (χ0) is 9.84. The first kappa shape index (κ1) is 9.44. The van der Waals surface area contributed by atoms with Crippen molar-refractivity contribution in [1.29, 1.82) is 0 Å². The van der Waals surface area contributed by atoms with Gasteiger partial charge >= 0.3 is 5.97 Å². The Bertz CT molecular complexity index is 327. The van der Waals surface area contributed by atoms with E-state index in [2.05, 4.69) is 9.72 Å². The summed E-state index contributed by atoms with van der Waals surface area (Å²) in [5.41, 5.74) is 0.330. The smallest absolute Gasteiger partial charge is 0.307 e. The van der Waals surface area contributed by atoms with Crippen LogP contribution in [0.5, 0.6) is 5.88 Å². The van der Waals surface area contributed by atoms with E-state index in [0.29, 0.717) is 5.56 Å². The van der Waals surface area contributed by atoms with E-state index in [-0.39, 0.29) is 12.3 Å². The number of pyridine rings is 1. The summed E-state index contributed by atoms with van der Waals surface area (Å²) in [6, 6.07) is 2.45. The van der Waals surface area contributed by atoms with Crippen LogP contribution in [0.1, 0.15) is 5.56 Å². The first-order chi connectivity index (χ1) is 6.11. The van der Waals surface area contributed by atoms with Gasteiger partial charge in [-0.1, -0.05) is 0 Å². The SMILES string of the molecule is COc1cc(CC(=O)O)cc(F)n1. The zero-order valence-electron chi connectivity index (χ0n) is 6.95. The Hall–Kier alpha value is -1.65. The molecule has 0 saturated carbocycles. The number of nitrogens with zero attached hydrogens (tertiary/aromatic N) is 1. The van der Waals surface area contributed by atoms with Crippen molar-refractivity contribution < 1.29 is 19.0 Å². The fraction of sp³-hybridized carbons (Fsp3) is 0.250. The average Bonchev–Trinajstić information content (AvgIpc) is 2.01. The maximum atomic E-state index is 12.7. The number of hydrogen-bond acceptors (Lipinski definition) is 3. The molecule has 0 saturated heterocycles. The summed E-state index contributed by atoms with van der Waals surface area (Å²) in [5.74, 6) is -1.68. The lowest BCUT2D eigenvalue weighted by Gasteiger charge is -2.01. The van der Waals surface area contributed by atoms with E-state index in [0.717, 1.165) is 6.07 Å². The molecule has 1 aromatic heterocycles. The van der Waals surface area contributed by atoms with Gasteiger partial charge in [0.25, 0.3) is 0 Å². The molecular weight excluding hydrogens is 177 g/mol. The summed E-state index contributed by atoms with van der Waals surface area (Å²) in [4.78, 5) is 13.7. The number of carboxylic acid groups (broad SMARTS) is 1. The van der Waals surface area contributed by atoms with Crippen LogP contribution < -0.4 is 4.74 Å². The summed E-state index contributed by atoms with van der Waals surface area (Å²) in [6.45, 7) is 0. The predicted molar refractivity (Wildman–Crippen MR) is 42.1 cm³/mol. The molecule has 0 aliphatic carbocycles. The molecule has 0 aromatic carbocycles. The number of carbonyl (C=O) groups is 1. The van der Waals surface area contributed by atoms with Crippen molar-refractivity contribution in [2.75, 3.05) is 7.11 Å². The van der Waals surface area contributed by atoms with Crippen molar-refractivity contribution in [3.8, 4) is 5.88 Å². The second-order valence-electron chi connectivity index (χ2n) is 2.41. The Morgan fingerprint density at radius 3 is 2.92 bits per heavy atom. The van der Waals surface area contributed by atoms with Crippen LogP contribution in [0.4, 0.5) is 4.39 Å². The molecule has 0 fully saturated rings. The Morgan fingerprint density at radius 1 is 1.69 bits per heavy atom. The van der Waals surface area contributed by atoms with E-state index in [1.807, 2.05) is 0 Å². The number of aromatic nitrogens is 1. The molecule has 1 aromatic rings. The molecule has 0 unspecified atom stereocenters. The van der Waals surface area contributed by atoms with Crippen LogP contribution in [-0.2, 0) is 11.2 Å². The molecule has 1 heterocycles. The summed E-state index contributed by atoms with van der Waals surface area (Å²) in [5, 5.41) is 8.44. The minimum Gasteiger partial charge on any atom is -0.481 e. The molecule has 13 heavy (non-hydrogen) atoms. The fourth-order valence-electron chi connectivity index (χ4n) is 0.904. The number of ether oxygens (including phenoxy) is 1. The van der Waals surface area contributed by atoms with Crippen molar-refractivity contribution >= 4 is 5.97 Å². The van der Waals surface area contributed by atoms with E-state index >= 15 is 0 Å². The van der Waals surface area contributed by atoms with Crippen molar-refractivity contribution in [2.24, 2.45) is 0 Å². The number of carboxylic acids is 1. The van der Waals surface area contributed by atoms with E-state index in [1.165, 1.54) is 13.2 Å². The van der Waals surface area contributed by atoms with Gasteiger partial charge in [0.1, 0.15) is 0 Å². The van der Waals surface area contributed by atoms with Crippen LogP contribution in [0.2, 0.25) is 0 Å². The van der Waals surface area contributed by atoms with Gasteiger partial charge in [-0.25, -0.2) is 0 Å². The van der Waals surface area contributed by atoms with Gasteiger partial charge in [0, 0.05) is 6.07 Å². The molecule has 0 amide bonds. The minimum absolute atomic E-state index is 0.0799. The molecule has 1 N–H and O–H groups in total. The van der Waals surface area contributed by atoms with Crippen LogP contribution >= 0.6 is 0 Å². The molecule has 70 valence electrons. The number of methoxy groups -OCH3 is 1. The molecule has 1 rings (SSSR count). The second kappa shape index (κ2) is 3.84. The molecular formula is C8H8FNO3. The molecule has 0 radical (unpaired) electrons. The third-order valence-corrected chi connectivity index (χ3v) is 1.39. The highest BCUT2D eigenvalue weighted by Crippen LogP contribution is 2.11. The molecule has 0 bridgehead atoms. The van der Waals surface area contributed by atoms with Crippen LogP contribution in [-0.4, -0.2) is 23.2 Å². The lowest BCUT2D eigenvalue weighted by molar-refractivity contribution is -0.136. The van der Waals surface area contributed by atoms with Crippen LogP contribution in [0.15, 0.2) is 12.1 Å². The fourth-order valence-corrected chi connectivity index (χ4v) is 0.904. The van der Waals surface area contributed by atoms with E-state index in [1.54, 1.807) is 0 Å². The Balaban J connectivity index is 2.94. The van der Waals surface area contributed by atoms with Crippen molar-refractivity contribution in [3.63, 3.8) is 0 Å². The topological polar surface area (TPSA) is 59.4 Å².